The standard InChI is InChI=1S/C19H27N3O3/c1-13-4-3-5-17-15(11-21-18(13)17)6-7-20-19(24)22-8-9-25-12-16(22)10-14(2)23/h3-5,11,14,16,21,23H,6-10,12H2,1-2H3,(H,20,24)/t14-,16-/m1/s1. The normalized spacial score (nSPS) is 19.2. The molecule has 0 aliphatic carbocycles. The number of nitrogens with zero attached hydrogens (tertiary/aromatic N) is 1. The van der Waals surface area contributed by atoms with Gasteiger partial charge in [0.25, 0.3) is 0 Å². The Bertz CT molecular complexity index is 726. The van der Waals surface area contributed by atoms with Crippen molar-refractivity contribution in [3.8, 4) is 0 Å². The van der Waals surface area contributed by atoms with Gasteiger partial charge in [-0.1, -0.05) is 18.2 Å². The van der Waals surface area contributed by atoms with Crippen LogP contribution in [0.5, 0.6) is 0 Å². The monoisotopic (exact) mass is 345 g/mol. The van der Waals surface area contributed by atoms with Gasteiger partial charge in [0.05, 0.1) is 25.4 Å². The molecule has 1 saturated heterocycles. The summed E-state index contributed by atoms with van der Waals surface area (Å²) < 4.78 is 5.45. The number of aliphatic hydroxyl groups is 1. The lowest BCUT2D eigenvalue weighted by Gasteiger charge is -2.36. The van der Waals surface area contributed by atoms with Gasteiger partial charge in [0.15, 0.2) is 0 Å². The minimum Gasteiger partial charge on any atom is -0.393 e. The van der Waals surface area contributed by atoms with Crippen LogP contribution < -0.4 is 5.32 Å². The lowest BCUT2D eigenvalue weighted by Crippen LogP contribution is -2.53. The van der Waals surface area contributed by atoms with Gasteiger partial charge in [-0.2, -0.15) is 0 Å². The molecule has 1 aliphatic rings. The van der Waals surface area contributed by atoms with Gasteiger partial charge in [0, 0.05) is 30.2 Å². The summed E-state index contributed by atoms with van der Waals surface area (Å²) in [7, 11) is 0. The average molecular weight is 345 g/mol. The summed E-state index contributed by atoms with van der Waals surface area (Å²) in [5.74, 6) is 0. The largest absolute Gasteiger partial charge is 0.393 e. The molecule has 0 saturated carbocycles. The number of carbonyl (C=O) groups excluding carboxylic acids is 1. The number of urea groups is 1. The highest BCUT2D eigenvalue weighted by Gasteiger charge is 2.28. The smallest absolute Gasteiger partial charge is 0.317 e. The number of morpholine rings is 1. The van der Waals surface area contributed by atoms with Crippen LogP contribution in [0.25, 0.3) is 10.9 Å². The molecule has 0 radical (unpaired) electrons. The maximum atomic E-state index is 12.5. The number of fused-ring (bicyclic) bond motifs is 1. The molecule has 2 amide bonds. The van der Waals surface area contributed by atoms with E-state index in [0.29, 0.717) is 32.7 Å². The molecule has 1 aromatic heterocycles. The Balaban J connectivity index is 1.57. The molecular weight excluding hydrogens is 318 g/mol. The van der Waals surface area contributed by atoms with Crippen molar-refractivity contribution in [1.82, 2.24) is 15.2 Å². The lowest BCUT2D eigenvalue weighted by atomic mass is 10.1. The molecule has 136 valence electrons. The van der Waals surface area contributed by atoms with Crippen molar-refractivity contribution < 1.29 is 14.6 Å². The van der Waals surface area contributed by atoms with E-state index in [1.807, 2.05) is 6.20 Å². The topological polar surface area (TPSA) is 77.6 Å². The van der Waals surface area contributed by atoms with Crippen molar-refractivity contribution >= 4 is 16.9 Å². The number of aromatic amines is 1. The summed E-state index contributed by atoms with van der Waals surface area (Å²) in [6, 6.07) is 6.11. The van der Waals surface area contributed by atoms with Crippen LogP contribution in [0.15, 0.2) is 24.4 Å². The van der Waals surface area contributed by atoms with E-state index in [4.69, 9.17) is 4.74 Å². The van der Waals surface area contributed by atoms with Gasteiger partial charge in [-0.05, 0) is 37.8 Å². The fraction of sp³-hybridized carbons (Fsp3) is 0.526. The molecule has 0 spiro atoms. The van der Waals surface area contributed by atoms with Crippen molar-refractivity contribution in [2.24, 2.45) is 0 Å². The van der Waals surface area contributed by atoms with Crippen molar-refractivity contribution in [3.63, 3.8) is 0 Å². The maximum Gasteiger partial charge on any atom is 0.317 e. The van der Waals surface area contributed by atoms with E-state index in [1.54, 1.807) is 11.8 Å². The second kappa shape index (κ2) is 7.89. The number of nitrogens with one attached hydrogen (secondary N) is 2. The molecule has 2 atom stereocenters. The number of rotatable bonds is 5. The molecular formula is C19H27N3O3. The first kappa shape index (κ1) is 17.8. The molecule has 3 N–H and O–H groups in total. The summed E-state index contributed by atoms with van der Waals surface area (Å²) in [6.07, 6.45) is 2.89. The quantitative estimate of drug-likeness (QED) is 0.777. The molecule has 0 bridgehead atoms. The van der Waals surface area contributed by atoms with E-state index in [1.165, 1.54) is 16.5 Å². The molecule has 6 heteroatoms. The Kier molecular flexibility index (Phi) is 5.60. The Labute approximate surface area is 148 Å². The number of aromatic nitrogens is 1. The Morgan fingerprint density at radius 2 is 2.36 bits per heavy atom. The lowest BCUT2D eigenvalue weighted by molar-refractivity contribution is -0.00425. The second-order valence-electron chi connectivity index (χ2n) is 6.80. The third-order valence-corrected chi connectivity index (χ3v) is 4.78. The zero-order chi connectivity index (χ0) is 17.8. The van der Waals surface area contributed by atoms with Crippen LogP contribution in [-0.4, -0.2) is 59.5 Å². The molecule has 25 heavy (non-hydrogen) atoms. The minimum absolute atomic E-state index is 0.0653. The SMILES string of the molecule is Cc1cccc2c(CCNC(=O)N3CCOC[C@H]3C[C@@H](C)O)c[nH]c12. The number of carbonyl (C=O) groups is 1. The van der Waals surface area contributed by atoms with E-state index >= 15 is 0 Å². The van der Waals surface area contributed by atoms with Crippen LogP contribution in [0.4, 0.5) is 4.79 Å². The number of hydrogen-bond acceptors (Lipinski definition) is 3. The third-order valence-electron chi connectivity index (χ3n) is 4.78. The molecule has 3 rings (SSSR count). The number of H-pyrrole nitrogens is 1. The third kappa shape index (κ3) is 4.14. The van der Waals surface area contributed by atoms with Crippen LogP contribution in [0, 0.1) is 6.92 Å². The molecule has 0 unspecified atom stereocenters. The highest BCUT2D eigenvalue weighted by molar-refractivity contribution is 5.86. The van der Waals surface area contributed by atoms with Gasteiger partial charge in [0.2, 0.25) is 0 Å². The molecule has 2 aromatic rings. The fourth-order valence-electron chi connectivity index (χ4n) is 3.49. The minimum atomic E-state index is -0.448. The van der Waals surface area contributed by atoms with Crippen LogP contribution in [-0.2, 0) is 11.2 Å². The Hall–Kier alpha value is -2.05. The first-order valence-corrected chi connectivity index (χ1v) is 8.92. The van der Waals surface area contributed by atoms with Crippen LogP contribution in [0.1, 0.15) is 24.5 Å². The molecule has 2 heterocycles. The maximum absolute atomic E-state index is 12.5. The fourth-order valence-corrected chi connectivity index (χ4v) is 3.49. The number of para-hydroxylation sites is 1. The predicted molar refractivity (Wildman–Crippen MR) is 97.7 cm³/mol. The summed E-state index contributed by atoms with van der Waals surface area (Å²) in [5.41, 5.74) is 3.59. The zero-order valence-electron chi connectivity index (χ0n) is 14.9. The van der Waals surface area contributed by atoms with Crippen LogP contribution in [0.3, 0.4) is 0 Å². The zero-order valence-corrected chi connectivity index (χ0v) is 14.9. The molecule has 1 fully saturated rings. The van der Waals surface area contributed by atoms with Gasteiger partial charge in [0.1, 0.15) is 0 Å². The number of benzene rings is 1. The summed E-state index contributed by atoms with van der Waals surface area (Å²) >= 11 is 0. The first-order chi connectivity index (χ1) is 12.1. The van der Waals surface area contributed by atoms with Crippen LogP contribution >= 0.6 is 0 Å². The van der Waals surface area contributed by atoms with Crippen molar-refractivity contribution in [1.29, 1.82) is 0 Å². The second-order valence-corrected chi connectivity index (χ2v) is 6.80. The summed E-state index contributed by atoms with van der Waals surface area (Å²) in [4.78, 5) is 17.6. The van der Waals surface area contributed by atoms with E-state index in [-0.39, 0.29) is 12.1 Å². The van der Waals surface area contributed by atoms with E-state index in [9.17, 15) is 9.90 Å². The van der Waals surface area contributed by atoms with Gasteiger partial charge in [-0.3, -0.25) is 0 Å². The van der Waals surface area contributed by atoms with Crippen molar-refractivity contribution in [2.45, 2.75) is 38.8 Å². The predicted octanol–water partition coefficient (Wildman–Crippen LogP) is 2.20. The van der Waals surface area contributed by atoms with Gasteiger partial charge < -0.3 is 25.0 Å². The van der Waals surface area contributed by atoms with E-state index in [2.05, 4.69) is 35.4 Å². The number of aliphatic hydroxyl groups excluding tert-OH is 1. The number of amides is 2. The number of aryl methyl sites for hydroxylation is 1. The Morgan fingerprint density at radius 1 is 1.52 bits per heavy atom. The summed E-state index contributed by atoms with van der Waals surface area (Å²) in [6.45, 7) is 6.01. The van der Waals surface area contributed by atoms with E-state index < -0.39 is 6.10 Å². The van der Waals surface area contributed by atoms with Crippen molar-refractivity contribution in [3.05, 3.63) is 35.5 Å². The van der Waals surface area contributed by atoms with Gasteiger partial charge >= 0.3 is 6.03 Å². The number of hydrogen-bond donors (Lipinski definition) is 3. The molecule has 1 aromatic carbocycles. The van der Waals surface area contributed by atoms with Crippen molar-refractivity contribution in [2.75, 3.05) is 26.3 Å². The average Bonchev–Trinajstić information content (AvgIpc) is 2.99. The van der Waals surface area contributed by atoms with Gasteiger partial charge in [-0.15, -0.1) is 0 Å². The van der Waals surface area contributed by atoms with Gasteiger partial charge in [-0.25, -0.2) is 4.79 Å². The number of ether oxygens (including phenoxy) is 1. The van der Waals surface area contributed by atoms with Crippen LogP contribution in [0.2, 0.25) is 0 Å². The first-order valence-electron chi connectivity index (χ1n) is 8.92. The summed E-state index contributed by atoms with van der Waals surface area (Å²) in [5, 5.41) is 13.8. The molecule has 1 aliphatic heterocycles. The Morgan fingerprint density at radius 3 is 3.16 bits per heavy atom. The molecule has 6 nitrogen and oxygen atoms in total. The van der Waals surface area contributed by atoms with E-state index in [0.717, 1.165) is 11.9 Å². The highest BCUT2D eigenvalue weighted by Crippen LogP contribution is 2.21. The highest BCUT2D eigenvalue weighted by atomic mass is 16.5.